The molecule has 2 aromatic rings. The van der Waals surface area contributed by atoms with E-state index in [4.69, 9.17) is 0 Å². The first-order valence-electron chi connectivity index (χ1n) is 7.78. The molecule has 0 unspecified atom stereocenters. The summed E-state index contributed by atoms with van der Waals surface area (Å²) < 4.78 is 25.9. The lowest BCUT2D eigenvalue weighted by molar-refractivity contribution is 0.109. The number of piperazine rings is 1. The van der Waals surface area contributed by atoms with Gasteiger partial charge in [0.2, 0.25) is 0 Å². The van der Waals surface area contributed by atoms with Gasteiger partial charge in [-0.05, 0) is 42.0 Å². The minimum Gasteiger partial charge on any atom is -0.387 e. The van der Waals surface area contributed by atoms with Crippen LogP contribution in [-0.4, -0.2) is 42.7 Å². The van der Waals surface area contributed by atoms with E-state index in [1.54, 1.807) is 24.3 Å². The summed E-state index contributed by atoms with van der Waals surface area (Å²) in [5.74, 6) is -0.524. The van der Waals surface area contributed by atoms with Gasteiger partial charge < -0.3 is 10.0 Å². The number of aliphatic hydroxyl groups is 1. The topological polar surface area (TPSA) is 26.7 Å². The molecule has 1 fully saturated rings. The fraction of sp³-hybridized carbons (Fsp3) is 0.333. The number of benzene rings is 2. The summed E-state index contributed by atoms with van der Waals surface area (Å²) in [6.45, 7) is 3.86. The average Bonchev–Trinajstić information content (AvgIpc) is 2.57. The Bertz CT molecular complexity index is 622. The van der Waals surface area contributed by atoms with E-state index < -0.39 is 6.10 Å². The van der Waals surface area contributed by atoms with Gasteiger partial charge in [-0.15, -0.1) is 0 Å². The maximum Gasteiger partial charge on any atom is 0.123 e. The van der Waals surface area contributed by atoms with Crippen molar-refractivity contribution in [2.45, 2.75) is 6.10 Å². The van der Waals surface area contributed by atoms with Crippen molar-refractivity contribution in [1.82, 2.24) is 4.90 Å². The van der Waals surface area contributed by atoms with Gasteiger partial charge in [-0.25, -0.2) is 8.78 Å². The second-order valence-corrected chi connectivity index (χ2v) is 5.83. The predicted molar refractivity (Wildman–Crippen MR) is 86.4 cm³/mol. The summed E-state index contributed by atoms with van der Waals surface area (Å²) in [6.07, 6.45) is -0.618. The van der Waals surface area contributed by atoms with Crippen molar-refractivity contribution in [3.8, 4) is 0 Å². The van der Waals surface area contributed by atoms with Crippen molar-refractivity contribution < 1.29 is 13.9 Å². The van der Waals surface area contributed by atoms with Crippen LogP contribution >= 0.6 is 0 Å². The van der Waals surface area contributed by atoms with Crippen molar-refractivity contribution in [2.24, 2.45) is 0 Å². The van der Waals surface area contributed by atoms with E-state index in [-0.39, 0.29) is 11.6 Å². The van der Waals surface area contributed by atoms with Crippen molar-refractivity contribution in [2.75, 3.05) is 37.6 Å². The Hall–Kier alpha value is -1.98. The van der Waals surface area contributed by atoms with Crippen molar-refractivity contribution in [1.29, 1.82) is 0 Å². The fourth-order valence-electron chi connectivity index (χ4n) is 2.88. The molecule has 1 N–H and O–H groups in total. The first-order chi connectivity index (χ1) is 11.1. The van der Waals surface area contributed by atoms with Gasteiger partial charge in [0, 0.05) is 38.4 Å². The number of halogens is 2. The zero-order chi connectivity index (χ0) is 16.2. The summed E-state index contributed by atoms with van der Waals surface area (Å²) in [5.41, 5.74) is 1.75. The molecule has 0 aromatic heterocycles. The third-order valence-corrected chi connectivity index (χ3v) is 4.25. The largest absolute Gasteiger partial charge is 0.387 e. The molecule has 1 heterocycles. The molecular formula is C18H20F2N2O. The van der Waals surface area contributed by atoms with Gasteiger partial charge in [0.1, 0.15) is 11.6 Å². The number of β-amino-alcohol motifs (C(OH)–C–C–N with tert-alkyl or cyclic N) is 1. The van der Waals surface area contributed by atoms with E-state index in [0.717, 1.165) is 37.4 Å². The highest BCUT2D eigenvalue weighted by molar-refractivity contribution is 5.46. The Morgan fingerprint density at radius 3 is 1.91 bits per heavy atom. The Balaban J connectivity index is 1.52. The number of rotatable bonds is 4. The highest BCUT2D eigenvalue weighted by Gasteiger charge is 2.20. The standard InChI is InChI=1S/C18H20F2N2O/c19-15-3-1-14(2-4-15)18(23)13-21-9-11-22(12-10-21)17-7-5-16(20)6-8-17/h1-8,18,23H,9-13H2/t18-/m0/s1. The third kappa shape index (κ3) is 4.06. The monoisotopic (exact) mass is 318 g/mol. The maximum absolute atomic E-state index is 13.0. The normalized spacial score (nSPS) is 17.3. The summed E-state index contributed by atoms with van der Waals surface area (Å²) >= 11 is 0. The first-order valence-corrected chi connectivity index (χ1v) is 7.78. The van der Waals surface area contributed by atoms with Gasteiger partial charge >= 0.3 is 0 Å². The van der Waals surface area contributed by atoms with Crippen LogP contribution in [-0.2, 0) is 0 Å². The molecule has 23 heavy (non-hydrogen) atoms. The molecule has 0 spiro atoms. The van der Waals surface area contributed by atoms with Crippen LogP contribution in [0.5, 0.6) is 0 Å². The van der Waals surface area contributed by atoms with Crippen LogP contribution in [0.4, 0.5) is 14.5 Å². The van der Waals surface area contributed by atoms with E-state index in [1.807, 2.05) is 0 Å². The molecule has 1 saturated heterocycles. The van der Waals surface area contributed by atoms with Crippen LogP contribution in [0.1, 0.15) is 11.7 Å². The Morgan fingerprint density at radius 2 is 1.35 bits per heavy atom. The molecule has 0 amide bonds. The van der Waals surface area contributed by atoms with Crippen LogP contribution < -0.4 is 4.90 Å². The summed E-state index contributed by atoms with van der Waals surface area (Å²) in [6, 6.07) is 12.5. The van der Waals surface area contributed by atoms with Crippen LogP contribution in [0.2, 0.25) is 0 Å². The second kappa shape index (κ2) is 7.06. The van der Waals surface area contributed by atoms with Gasteiger partial charge in [0.15, 0.2) is 0 Å². The van der Waals surface area contributed by atoms with Crippen LogP contribution in [0.25, 0.3) is 0 Å². The quantitative estimate of drug-likeness (QED) is 0.939. The lowest BCUT2D eigenvalue weighted by Gasteiger charge is -2.37. The smallest absolute Gasteiger partial charge is 0.123 e. The van der Waals surface area contributed by atoms with Crippen molar-refractivity contribution >= 4 is 5.69 Å². The molecule has 0 aliphatic carbocycles. The van der Waals surface area contributed by atoms with Crippen LogP contribution in [0.15, 0.2) is 48.5 Å². The Morgan fingerprint density at radius 1 is 0.826 bits per heavy atom. The molecule has 0 bridgehead atoms. The number of aliphatic hydroxyl groups excluding tert-OH is 1. The molecule has 122 valence electrons. The van der Waals surface area contributed by atoms with Crippen LogP contribution in [0.3, 0.4) is 0 Å². The van der Waals surface area contributed by atoms with Gasteiger partial charge in [0.25, 0.3) is 0 Å². The molecule has 3 rings (SSSR count). The Labute approximate surface area is 134 Å². The van der Waals surface area contributed by atoms with Crippen molar-refractivity contribution in [3.05, 3.63) is 65.7 Å². The SMILES string of the molecule is O[C@@H](CN1CCN(c2ccc(F)cc2)CC1)c1ccc(F)cc1. The van der Waals surface area contributed by atoms with Crippen LogP contribution in [0, 0.1) is 11.6 Å². The minimum absolute atomic E-state index is 0.227. The van der Waals surface area contributed by atoms with Gasteiger partial charge in [-0.1, -0.05) is 12.1 Å². The van der Waals surface area contributed by atoms with E-state index in [1.165, 1.54) is 24.3 Å². The number of anilines is 1. The number of nitrogens with zero attached hydrogens (tertiary/aromatic N) is 2. The van der Waals surface area contributed by atoms with E-state index in [2.05, 4.69) is 9.80 Å². The first kappa shape index (κ1) is 15.9. The predicted octanol–water partition coefficient (Wildman–Crippen LogP) is 2.82. The zero-order valence-corrected chi connectivity index (χ0v) is 12.8. The minimum atomic E-state index is -0.618. The molecule has 5 heteroatoms. The second-order valence-electron chi connectivity index (χ2n) is 5.83. The van der Waals surface area contributed by atoms with Gasteiger partial charge in [0.05, 0.1) is 6.10 Å². The lowest BCUT2D eigenvalue weighted by Crippen LogP contribution is -2.47. The molecule has 1 aliphatic rings. The molecule has 1 atom stereocenters. The van der Waals surface area contributed by atoms with E-state index in [0.29, 0.717) is 6.54 Å². The van der Waals surface area contributed by atoms with E-state index >= 15 is 0 Å². The molecule has 0 radical (unpaired) electrons. The average molecular weight is 318 g/mol. The summed E-state index contributed by atoms with van der Waals surface area (Å²) in [7, 11) is 0. The fourth-order valence-corrected chi connectivity index (χ4v) is 2.88. The third-order valence-electron chi connectivity index (χ3n) is 4.25. The molecule has 0 saturated carbocycles. The Kier molecular flexibility index (Phi) is 4.88. The molecule has 1 aliphatic heterocycles. The van der Waals surface area contributed by atoms with Gasteiger partial charge in [-0.3, -0.25) is 4.90 Å². The molecular weight excluding hydrogens is 298 g/mol. The lowest BCUT2D eigenvalue weighted by atomic mass is 10.1. The summed E-state index contributed by atoms with van der Waals surface area (Å²) in [4.78, 5) is 4.40. The highest BCUT2D eigenvalue weighted by Crippen LogP contribution is 2.19. The number of hydrogen-bond acceptors (Lipinski definition) is 3. The maximum atomic E-state index is 13.0. The van der Waals surface area contributed by atoms with Crippen molar-refractivity contribution in [3.63, 3.8) is 0 Å². The number of hydrogen-bond donors (Lipinski definition) is 1. The van der Waals surface area contributed by atoms with Gasteiger partial charge in [-0.2, -0.15) is 0 Å². The summed E-state index contributed by atoms with van der Waals surface area (Å²) in [5, 5.41) is 10.3. The molecule has 2 aromatic carbocycles. The zero-order valence-electron chi connectivity index (χ0n) is 12.8. The van der Waals surface area contributed by atoms with E-state index in [9.17, 15) is 13.9 Å². The molecule has 3 nitrogen and oxygen atoms in total. The highest BCUT2D eigenvalue weighted by atomic mass is 19.1.